The molecule has 4 fully saturated rings. The fourth-order valence-corrected chi connectivity index (χ4v) is 12.7. The smallest absolute Gasteiger partial charge is 0.0979 e. The SMILES string of the molecule is c1ccc(-c2nc3ccccc3nc2-c2cccc3ccccc23)c(-c2ccc(-c3ccc4c(c3)C3(c5ccc6ccccc6c5-4)C4CC5CC(C4)CC3C5)cc2)c1. The van der Waals surface area contributed by atoms with Crippen molar-refractivity contribution in [2.24, 2.45) is 23.7 Å². The Hall–Kier alpha value is -6.38. The summed E-state index contributed by atoms with van der Waals surface area (Å²) in [5.41, 5.74) is 17.1. The summed E-state index contributed by atoms with van der Waals surface area (Å²) in [6.07, 6.45) is 7.03. The largest absolute Gasteiger partial charge is 0.244 e. The molecule has 0 saturated heterocycles. The molecule has 2 nitrogen and oxygen atoms in total. The predicted octanol–water partition coefficient (Wildman–Crippen LogP) is 14.3. The van der Waals surface area contributed by atoms with E-state index in [-0.39, 0.29) is 5.41 Å². The summed E-state index contributed by atoms with van der Waals surface area (Å²) in [7, 11) is 0. The highest BCUT2D eigenvalue weighted by molar-refractivity contribution is 6.04. The molecule has 4 saturated carbocycles. The van der Waals surface area contributed by atoms with Crippen LogP contribution in [-0.2, 0) is 5.41 Å². The van der Waals surface area contributed by atoms with Crippen LogP contribution in [0.15, 0.2) is 170 Å². The summed E-state index contributed by atoms with van der Waals surface area (Å²) in [4.78, 5) is 10.7. The molecular weight excluding hydrogens is 701 g/mol. The van der Waals surface area contributed by atoms with Crippen LogP contribution in [0.5, 0.6) is 0 Å². The van der Waals surface area contributed by atoms with E-state index in [0.717, 1.165) is 62.8 Å². The van der Waals surface area contributed by atoms with Gasteiger partial charge in [-0.1, -0.05) is 152 Å². The minimum atomic E-state index is 0.125. The summed E-state index contributed by atoms with van der Waals surface area (Å²) in [6, 6.07) is 62.9. The van der Waals surface area contributed by atoms with E-state index < -0.39 is 0 Å². The third kappa shape index (κ3) is 4.60. The third-order valence-electron chi connectivity index (χ3n) is 14.9. The molecule has 276 valence electrons. The molecule has 14 rings (SSSR count). The zero-order valence-electron chi connectivity index (χ0n) is 32.4. The number of hydrogen-bond donors (Lipinski definition) is 0. The van der Waals surface area contributed by atoms with E-state index in [4.69, 9.17) is 9.97 Å². The van der Waals surface area contributed by atoms with Gasteiger partial charge in [0.1, 0.15) is 0 Å². The van der Waals surface area contributed by atoms with Gasteiger partial charge in [-0.15, -0.1) is 0 Å². The first-order chi connectivity index (χ1) is 28.7. The molecule has 0 N–H and O–H groups in total. The zero-order valence-corrected chi connectivity index (χ0v) is 32.4. The maximum atomic E-state index is 5.36. The number of para-hydroxylation sites is 2. The second-order valence-corrected chi connectivity index (χ2v) is 17.7. The molecule has 5 aliphatic rings. The van der Waals surface area contributed by atoms with Crippen LogP contribution in [0.4, 0.5) is 0 Å². The summed E-state index contributed by atoms with van der Waals surface area (Å²) >= 11 is 0. The summed E-state index contributed by atoms with van der Waals surface area (Å²) < 4.78 is 0. The van der Waals surface area contributed by atoms with Gasteiger partial charge >= 0.3 is 0 Å². The summed E-state index contributed by atoms with van der Waals surface area (Å²) in [5.74, 6) is 3.30. The van der Waals surface area contributed by atoms with E-state index in [1.807, 2.05) is 12.1 Å². The van der Waals surface area contributed by atoms with Gasteiger partial charge < -0.3 is 0 Å². The molecular formula is C56H42N2. The molecule has 4 bridgehead atoms. The van der Waals surface area contributed by atoms with Gasteiger partial charge in [0.05, 0.1) is 22.4 Å². The average molecular weight is 743 g/mol. The van der Waals surface area contributed by atoms with E-state index in [1.54, 1.807) is 11.1 Å². The maximum absolute atomic E-state index is 5.36. The molecule has 9 aromatic rings. The highest BCUT2D eigenvalue weighted by Gasteiger charge is 2.61. The van der Waals surface area contributed by atoms with Crippen molar-refractivity contribution in [3.05, 3.63) is 181 Å². The molecule has 1 spiro atoms. The van der Waals surface area contributed by atoms with Crippen LogP contribution in [0.1, 0.15) is 43.2 Å². The van der Waals surface area contributed by atoms with Crippen molar-refractivity contribution < 1.29 is 0 Å². The first kappa shape index (κ1) is 32.7. The van der Waals surface area contributed by atoms with Crippen molar-refractivity contribution in [2.75, 3.05) is 0 Å². The van der Waals surface area contributed by atoms with Crippen molar-refractivity contribution >= 4 is 32.6 Å². The lowest BCUT2D eigenvalue weighted by Gasteiger charge is -2.61. The van der Waals surface area contributed by atoms with Crippen molar-refractivity contribution in [3.63, 3.8) is 0 Å². The number of nitrogens with zero attached hydrogens (tertiary/aromatic N) is 2. The van der Waals surface area contributed by atoms with Gasteiger partial charge in [0.2, 0.25) is 0 Å². The highest BCUT2D eigenvalue weighted by Crippen LogP contribution is 2.70. The Morgan fingerprint density at radius 2 is 0.931 bits per heavy atom. The number of benzene rings is 8. The minimum Gasteiger partial charge on any atom is -0.244 e. The Kier molecular flexibility index (Phi) is 6.94. The van der Waals surface area contributed by atoms with Crippen molar-refractivity contribution in [1.29, 1.82) is 0 Å². The second kappa shape index (κ2) is 12.3. The summed E-state index contributed by atoms with van der Waals surface area (Å²) in [6.45, 7) is 0. The molecule has 0 amide bonds. The van der Waals surface area contributed by atoms with E-state index in [1.165, 1.54) is 81.5 Å². The number of fused-ring (bicyclic) bond motifs is 7. The molecule has 2 heteroatoms. The molecule has 0 aliphatic heterocycles. The normalized spacial score (nSPS) is 22.6. The van der Waals surface area contributed by atoms with Crippen LogP contribution in [0.25, 0.3) is 88.5 Å². The fraction of sp³-hybridized carbons (Fsp3) is 0.179. The molecule has 5 aliphatic carbocycles. The lowest BCUT2D eigenvalue weighted by Crippen LogP contribution is -2.55. The van der Waals surface area contributed by atoms with Crippen LogP contribution in [0.3, 0.4) is 0 Å². The van der Waals surface area contributed by atoms with E-state index in [2.05, 4.69) is 158 Å². The van der Waals surface area contributed by atoms with Crippen molar-refractivity contribution in [3.8, 4) is 55.9 Å². The van der Waals surface area contributed by atoms with Crippen LogP contribution >= 0.6 is 0 Å². The van der Waals surface area contributed by atoms with Crippen molar-refractivity contribution in [2.45, 2.75) is 37.5 Å². The molecule has 1 aromatic heterocycles. The van der Waals surface area contributed by atoms with E-state index in [9.17, 15) is 0 Å². The van der Waals surface area contributed by atoms with Gasteiger partial charge in [-0.3, -0.25) is 0 Å². The van der Waals surface area contributed by atoms with Crippen LogP contribution in [0.2, 0.25) is 0 Å². The van der Waals surface area contributed by atoms with E-state index in [0.29, 0.717) is 0 Å². The Balaban J connectivity index is 0.938. The molecule has 0 unspecified atom stereocenters. The van der Waals surface area contributed by atoms with Crippen LogP contribution in [-0.4, -0.2) is 9.97 Å². The van der Waals surface area contributed by atoms with Gasteiger partial charge in [-0.2, -0.15) is 0 Å². The predicted molar refractivity (Wildman–Crippen MR) is 240 cm³/mol. The average Bonchev–Trinajstić information content (AvgIpc) is 3.58. The highest BCUT2D eigenvalue weighted by atomic mass is 14.8. The molecule has 8 aromatic carbocycles. The number of rotatable bonds is 4. The van der Waals surface area contributed by atoms with Crippen LogP contribution < -0.4 is 0 Å². The number of aromatic nitrogens is 2. The molecule has 1 heterocycles. The Bertz CT molecular complexity index is 3100. The fourth-order valence-electron chi connectivity index (χ4n) is 12.7. The lowest BCUT2D eigenvalue weighted by molar-refractivity contribution is -0.0399. The van der Waals surface area contributed by atoms with Crippen LogP contribution in [0, 0.1) is 23.7 Å². The lowest BCUT2D eigenvalue weighted by atomic mass is 9.43. The van der Waals surface area contributed by atoms with Gasteiger partial charge in [0.15, 0.2) is 0 Å². The molecule has 0 atom stereocenters. The van der Waals surface area contributed by atoms with Gasteiger partial charge in [-0.05, 0) is 140 Å². The first-order valence-electron chi connectivity index (χ1n) is 21.3. The van der Waals surface area contributed by atoms with Gasteiger partial charge in [0.25, 0.3) is 0 Å². The molecule has 0 radical (unpaired) electrons. The quantitative estimate of drug-likeness (QED) is 0.179. The second-order valence-electron chi connectivity index (χ2n) is 17.7. The van der Waals surface area contributed by atoms with E-state index >= 15 is 0 Å². The van der Waals surface area contributed by atoms with Gasteiger partial charge in [0, 0.05) is 16.5 Å². The Morgan fingerprint density at radius 1 is 0.379 bits per heavy atom. The standard InChI is InChI=1S/C56H42N2/c1-3-13-43-37(10-1)12-9-17-47(43)55-54(57-51-18-7-8-19-52(51)58-55)46-16-6-5-14-44(46)39-22-20-36(21-23-39)40-24-26-48-50(33-40)56(41-29-34-28-35(31-41)32-42(56)30-34)49-27-25-38-11-2-4-15-45(38)53(48)49/h1-27,33-35,41-42H,28-32H2. The van der Waals surface area contributed by atoms with Crippen molar-refractivity contribution in [1.82, 2.24) is 9.97 Å². The molecule has 58 heavy (non-hydrogen) atoms. The Labute approximate surface area is 339 Å². The first-order valence-corrected chi connectivity index (χ1v) is 21.3. The number of hydrogen-bond acceptors (Lipinski definition) is 2. The van der Waals surface area contributed by atoms with Gasteiger partial charge in [-0.25, -0.2) is 9.97 Å². The topological polar surface area (TPSA) is 25.8 Å². The third-order valence-corrected chi connectivity index (χ3v) is 14.9. The zero-order chi connectivity index (χ0) is 38.0. The minimum absolute atomic E-state index is 0.125. The Morgan fingerprint density at radius 3 is 1.67 bits per heavy atom. The monoisotopic (exact) mass is 742 g/mol. The maximum Gasteiger partial charge on any atom is 0.0979 e. The summed E-state index contributed by atoms with van der Waals surface area (Å²) in [5, 5.41) is 5.15.